The lowest BCUT2D eigenvalue weighted by atomic mass is 10.1. The highest BCUT2D eigenvalue weighted by molar-refractivity contribution is 7.80. The van der Waals surface area contributed by atoms with Crippen LogP contribution < -0.4 is 15.5 Å². The third kappa shape index (κ3) is 4.43. The molecule has 0 saturated carbocycles. The average Bonchev–Trinajstić information content (AvgIpc) is 2.64. The Morgan fingerprint density at radius 3 is 2.58 bits per heavy atom. The number of hydrogen-bond donors (Lipinski definition) is 2. The Kier molecular flexibility index (Phi) is 5.61. The van der Waals surface area contributed by atoms with E-state index < -0.39 is 0 Å². The van der Waals surface area contributed by atoms with Crippen LogP contribution in [0.3, 0.4) is 0 Å². The highest BCUT2D eigenvalue weighted by Crippen LogP contribution is 2.16. The summed E-state index contributed by atoms with van der Waals surface area (Å²) in [6, 6.07) is 14.4. The van der Waals surface area contributed by atoms with Crippen molar-refractivity contribution in [3.8, 4) is 0 Å². The van der Waals surface area contributed by atoms with Crippen LogP contribution in [-0.4, -0.2) is 36.4 Å². The molecule has 6 heteroatoms. The first kappa shape index (κ1) is 16.7. The summed E-state index contributed by atoms with van der Waals surface area (Å²) in [4.78, 5) is 6.74. The number of pyridine rings is 1. The van der Waals surface area contributed by atoms with Gasteiger partial charge in [-0.05, 0) is 36.8 Å². The molecule has 1 aromatic heterocycles. The van der Waals surface area contributed by atoms with Gasteiger partial charge in [-0.25, -0.2) is 4.98 Å². The van der Waals surface area contributed by atoms with Crippen molar-refractivity contribution in [2.75, 3.05) is 36.5 Å². The van der Waals surface area contributed by atoms with Gasteiger partial charge in [0.1, 0.15) is 5.82 Å². The van der Waals surface area contributed by atoms with Crippen LogP contribution in [0.15, 0.2) is 48.7 Å². The van der Waals surface area contributed by atoms with E-state index in [9.17, 15) is 0 Å². The Labute approximate surface area is 148 Å². The molecule has 1 aliphatic rings. The number of anilines is 2. The summed E-state index contributed by atoms with van der Waals surface area (Å²) >= 11 is 5.39. The number of benzene rings is 1. The molecular formula is C18H22N4OS. The third-order valence-electron chi connectivity index (χ3n) is 3.99. The first-order chi connectivity index (χ1) is 11.7. The fourth-order valence-electron chi connectivity index (χ4n) is 2.63. The number of morpholine rings is 1. The molecule has 1 saturated heterocycles. The van der Waals surface area contributed by atoms with Crippen LogP contribution in [0.2, 0.25) is 0 Å². The van der Waals surface area contributed by atoms with E-state index in [1.54, 1.807) is 0 Å². The molecular weight excluding hydrogens is 320 g/mol. The van der Waals surface area contributed by atoms with Crippen molar-refractivity contribution in [2.24, 2.45) is 0 Å². The minimum atomic E-state index is 0.145. The van der Waals surface area contributed by atoms with Gasteiger partial charge in [0.2, 0.25) is 0 Å². The Morgan fingerprint density at radius 1 is 1.17 bits per heavy atom. The number of nitrogens with zero attached hydrogens (tertiary/aromatic N) is 2. The van der Waals surface area contributed by atoms with E-state index in [1.807, 2.05) is 36.5 Å². The molecule has 1 unspecified atom stereocenters. The van der Waals surface area contributed by atoms with Crippen molar-refractivity contribution in [3.05, 3.63) is 54.2 Å². The lowest BCUT2D eigenvalue weighted by molar-refractivity contribution is 0.122. The minimum absolute atomic E-state index is 0.145. The zero-order chi connectivity index (χ0) is 16.8. The van der Waals surface area contributed by atoms with Crippen molar-refractivity contribution in [3.63, 3.8) is 0 Å². The van der Waals surface area contributed by atoms with Gasteiger partial charge in [-0.1, -0.05) is 30.3 Å². The number of rotatable bonds is 4. The van der Waals surface area contributed by atoms with E-state index in [4.69, 9.17) is 17.0 Å². The number of thiocarbonyl (C=S) groups is 1. The Morgan fingerprint density at radius 2 is 1.92 bits per heavy atom. The SMILES string of the molecule is CC(NC(=S)Nc1ccc(N2CCOCC2)nc1)c1ccccc1. The second-order valence-electron chi connectivity index (χ2n) is 5.74. The van der Waals surface area contributed by atoms with E-state index in [-0.39, 0.29) is 6.04 Å². The molecule has 0 amide bonds. The van der Waals surface area contributed by atoms with Crippen LogP contribution in [0, 0.1) is 0 Å². The Balaban J connectivity index is 1.54. The predicted molar refractivity (Wildman–Crippen MR) is 101 cm³/mol. The van der Waals surface area contributed by atoms with Gasteiger partial charge in [0.25, 0.3) is 0 Å². The van der Waals surface area contributed by atoms with Crippen LogP contribution in [0.5, 0.6) is 0 Å². The van der Waals surface area contributed by atoms with Gasteiger partial charge in [0, 0.05) is 13.1 Å². The van der Waals surface area contributed by atoms with Crippen LogP contribution in [-0.2, 0) is 4.74 Å². The summed E-state index contributed by atoms with van der Waals surface area (Å²) in [6.45, 7) is 5.37. The second-order valence-corrected chi connectivity index (χ2v) is 6.14. The minimum Gasteiger partial charge on any atom is -0.378 e. The molecule has 2 N–H and O–H groups in total. The molecule has 1 aliphatic heterocycles. The first-order valence-electron chi connectivity index (χ1n) is 8.13. The van der Waals surface area contributed by atoms with E-state index in [2.05, 4.69) is 39.6 Å². The summed E-state index contributed by atoms with van der Waals surface area (Å²) in [5.41, 5.74) is 2.08. The quantitative estimate of drug-likeness (QED) is 0.833. The van der Waals surface area contributed by atoms with Crippen molar-refractivity contribution >= 4 is 28.8 Å². The smallest absolute Gasteiger partial charge is 0.171 e. The summed E-state index contributed by atoms with van der Waals surface area (Å²) in [5.74, 6) is 0.973. The summed E-state index contributed by atoms with van der Waals surface area (Å²) in [5, 5.41) is 7.07. The van der Waals surface area contributed by atoms with E-state index in [0.717, 1.165) is 37.8 Å². The number of aromatic nitrogens is 1. The van der Waals surface area contributed by atoms with E-state index in [1.165, 1.54) is 5.56 Å². The summed E-state index contributed by atoms with van der Waals surface area (Å²) in [7, 11) is 0. The molecule has 0 bridgehead atoms. The highest BCUT2D eigenvalue weighted by atomic mass is 32.1. The highest BCUT2D eigenvalue weighted by Gasteiger charge is 2.12. The topological polar surface area (TPSA) is 49.4 Å². The third-order valence-corrected chi connectivity index (χ3v) is 4.21. The Bertz CT molecular complexity index is 656. The monoisotopic (exact) mass is 342 g/mol. The van der Waals surface area contributed by atoms with Gasteiger partial charge in [0.05, 0.1) is 31.1 Å². The largest absolute Gasteiger partial charge is 0.378 e. The molecule has 1 aromatic carbocycles. The number of ether oxygens (including phenoxy) is 1. The maximum atomic E-state index is 5.39. The molecule has 0 aliphatic carbocycles. The van der Waals surface area contributed by atoms with Gasteiger partial charge in [-0.15, -0.1) is 0 Å². The molecule has 1 atom stereocenters. The van der Waals surface area contributed by atoms with Crippen LogP contribution in [0.25, 0.3) is 0 Å². The van der Waals surface area contributed by atoms with Gasteiger partial charge in [-0.3, -0.25) is 0 Å². The van der Waals surface area contributed by atoms with Crippen molar-refractivity contribution < 1.29 is 4.74 Å². The summed E-state index contributed by atoms with van der Waals surface area (Å²) < 4.78 is 5.36. The molecule has 24 heavy (non-hydrogen) atoms. The van der Waals surface area contributed by atoms with Gasteiger partial charge >= 0.3 is 0 Å². The van der Waals surface area contributed by atoms with E-state index in [0.29, 0.717) is 5.11 Å². The molecule has 2 heterocycles. The first-order valence-corrected chi connectivity index (χ1v) is 8.54. The lowest BCUT2D eigenvalue weighted by Gasteiger charge is -2.27. The van der Waals surface area contributed by atoms with Gasteiger partial charge < -0.3 is 20.3 Å². The number of nitrogens with one attached hydrogen (secondary N) is 2. The Hall–Kier alpha value is -2.18. The summed E-state index contributed by atoms with van der Waals surface area (Å²) in [6.07, 6.45) is 1.81. The maximum Gasteiger partial charge on any atom is 0.171 e. The van der Waals surface area contributed by atoms with Gasteiger partial charge in [0.15, 0.2) is 5.11 Å². The average molecular weight is 342 g/mol. The van der Waals surface area contributed by atoms with Crippen LogP contribution in [0.4, 0.5) is 11.5 Å². The standard InChI is InChI=1S/C18H22N4OS/c1-14(15-5-3-2-4-6-15)20-18(24)21-16-7-8-17(19-13-16)22-9-11-23-12-10-22/h2-8,13-14H,9-12H2,1H3,(H2,20,21,24). The normalized spacial score (nSPS) is 15.6. The van der Waals surface area contributed by atoms with Gasteiger partial charge in [-0.2, -0.15) is 0 Å². The molecule has 126 valence electrons. The molecule has 0 radical (unpaired) electrons. The molecule has 5 nitrogen and oxygen atoms in total. The predicted octanol–water partition coefficient (Wildman–Crippen LogP) is 2.97. The molecule has 3 rings (SSSR count). The van der Waals surface area contributed by atoms with Crippen LogP contribution >= 0.6 is 12.2 Å². The molecule has 2 aromatic rings. The van der Waals surface area contributed by atoms with Crippen LogP contribution in [0.1, 0.15) is 18.5 Å². The zero-order valence-electron chi connectivity index (χ0n) is 13.7. The van der Waals surface area contributed by atoms with E-state index >= 15 is 0 Å². The fourth-order valence-corrected chi connectivity index (χ4v) is 2.92. The molecule has 0 spiro atoms. The van der Waals surface area contributed by atoms with Crippen molar-refractivity contribution in [1.82, 2.24) is 10.3 Å². The maximum absolute atomic E-state index is 5.39. The molecule has 1 fully saturated rings. The number of hydrogen-bond acceptors (Lipinski definition) is 4. The fraction of sp³-hybridized carbons (Fsp3) is 0.333. The van der Waals surface area contributed by atoms with Crippen molar-refractivity contribution in [1.29, 1.82) is 0 Å². The second kappa shape index (κ2) is 8.08. The lowest BCUT2D eigenvalue weighted by Crippen LogP contribution is -2.36. The zero-order valence-corrected chi connectivity index (χ0v) is 14.6. The van der Waals surface area contributed by atoms with Crippen molar-refractivity contribution in [2.45, 2.75) is 13.0 Å².